The first kappa shape index (κ1) is 12.9. The van der Waals surface area contributed by atoms with Gasteiger partial charge in [0.25, 0.3) is 0 Å². The number of oxazole rings is 1. The van der Waals surface area contributed by atoms with Crippen molar-refractivity contribution in [2.75, 3.05) is 5.32 Å². The molecule has 1 heterocycles. The summed E-state index contributed by atoms with van der Waals surface area (Å²) in [4.78, 5) is 15.6. The lowest BCUT2D eigenvalue weighted by Gasteiger charge is -2.07. The summed E-state index contributed by atoms with van der Waals surface area (Å²) in [7, 11) is 0. The Morgan fingerprint density at radius 3 is 2.94 bits per heavy atom. The fraction of sp³-hybridized carbons (Fsp3) is 0.167. The van der Waals surface area contributed by atoms with Gasteiger partial charge in [-0.2, -0.15) is 0 Å². The summed E-state index contributed by atoms with van der Waals surface area (Å²) >= 11 is 11.8. The van der Waals surface area contributed by atoms with E-state index in [1.54, 1.807) is 18.2 Å². The lowest BCUT2D eigenvalue weighted by atomic mass is 10.2. The second kappa shape index (κ2) is 5.89. The lowest BCUT2D eigenvalue weighted by molar-refractivity contribution is -0.116. The summed E-state index contributed by atoms with van der Waals surface area (Å²) in [5.41, 5.74) is 1.25. The molecular weight excluding hydrogens is 275 g/mol. The zero-order valence-electron chi connectivity index (χ0n) is 9.32. The topological polar surface area (TPSA) is 55.1 Å². The molecule has 6 heteroatoms. The van der Waals surface area contributed by atoms with Crippen LogP contribution in [0.4, 0.5) is 5.69 Å². The van der Waals surface area contributed by atoms with Gasteiger partial charge < -0.3 is 9.73 Å². The number of nitrogens with zero attached hydrogens (tertiary/aromatic N) is 1. The summed E-state index contributed by atoms with van der Waals surface area (Å²) in [6.45, 7) is 0. The third-order valence-electron chi connectivity index (χ3n) is 2.32. The maximum Gasteiger partial charge on any atom is 0.224 e. The Labute approximate surface area is 114 Å². The van der Waals surface area contributed by atoms with Crippen molar-refractivity contribution in [2.24, 2.45) is 0 Å². The number of rotatable bonds is 4. The molecule has 0 atom stereocenters. The van der Waals surface area contributed by atoms with Crippen LogP contribution in [0.25, 0.3) is 0 Å². The quantitative estimate of drug-likeness (QED) is 0.934. The second-order valence-corrected chi connectivity index (χ2v) is 4.41. The van der Waals surface area contributed by atoms with Crippen LogP contribution in [0.15, 0.2) is 35.3 Å². The molecule has 1 amide bonds. The SMILES string of the molecule is O=C(CCc1cocn1)Nc1cccc(Cl)c1Cl. The van der Waals surface area contributed by atoms with Crippen molar-refractivity contribution < 1.29 is 9.21 Å². The molecule has 0 aliphatic heterocycles. The minimum Gasteiger partial charge on any atom is -0.451 e. The zero-order chi connectivity index (χ0) is 13.0. The van der Waals surface area contributed by atoms with Crippen molar-refractivity contribution in [1.82, 2.24) is 4.98 Å². The number of carbonyl (C=O) groups excluding carboxylic acids is 1. The van der Waals surface area contributed by atoms with Crippen molar-refractivity contribution in [3.8, 4) is 0 Å². The third-order valence-corrected chi connectivity index (χ3v) is 3.14. The molecule has 0 fully saturated rings. The van der Waals surface area contributed by atoms with E-state index in [9.17, 15) is 4.79 Å². The number of carbonyl (C=O) groups is 1. The van der Waals surface area contributed by atoms with Crippen LogP contribution in [0, 0.1) is 0 Å². The molecule has 2 aromatic rings. The van der Waals surface area contributed by atoms with Gasteiger partial charge in [-0.1, -0.05) is 29.3 Å². The fourth-order valence-corrected chi connectivity index (χ4v) is 1.76. The summed E-state index contributed by atoms with van der Waals surface area (Å²) in [5.74, 6) is -0.151. The van der Waals surface area contributed by atoms with Crippen molar-refractivity contribution in [1.29, 1.82) is 0 Å². The second-order valence-electron chi connectivity index (χ2n) is 3.63. The van der Waals surface area contributed by atoms with Crippen LogP contribution >= 0.6 is 23.2 Å². The van der Waals surface area contributed by atoms with Gasteiger partial charge in [-0.25, -0.2) is 4.98 Å². The minimum atomic E-state index is -0.151. The summed E-state index contributed by atoms with van der Waals surface area (Å²) in [5, 5.41) is 3.45. The van der Waals surface area contributed by atoms with E-state index < -0.39 is 0 Å². The number of aromatic nitrogens is 1. The molecule has 1 N–H and O–H groups in total. The Hall–Kier alpha value is -1.52. The first-order valence-electron chi connectivity index (χ1n) is 5.28. The van der Waals surface area contributed by atoms with Gasteiger partial charge in [-0.15, -0.1) is 0 Å². The van der Waals surface area contributed by atoms with Crippen LogP contribution in [0.3, 0.4) is 0 Å². The molecule has 1 aromatic carbocycles. The Morgan fingerprint density at radius 2 is 2.22 bits per heavy atom. The molecule has 0 radical (unpaired) electrons. The van der Waals surface area contributed by atoms with Gasteiger partial charge in [0, 0.05) is 12.8 Å². The predicted octanol–water partition coefficient (Wildman–Crippen LogP) is 3.55. The number of nitrogens with one attached hydrogen (secondary N) is 1. The Balaban J connectivity index is 1.93. The highest BCUT2D eigenvalue weighted by Crippen LogP contribution is 2.29. The van der Waals surface area contributed by atoms with Crippen LogP contribution in [-0.2, 0) is 11.2 Å². The molecule has 0 saturated heterocycles. The number of hydrogen-bond acceptors (Lipinski definition) is 3. The van der Waals surface area contributed by atoms with Gasteiger partial charge in [-0.05, 0) is 12.1 Å². The molecule has 0 unspecified atom stereocenters. The van der Waals surface area contributed by atoms with Crippen LogP contribution in [-0.4, -0.2) is 10.9 Å². The highest BCUT2D eigenvalue weighted by molar-refractivity contribution is 6.43. The lowest BCUT2D eigenvalue weighted by Crippen LogP contribution is -2.12. The average molecular weight is 285 g/mol. The third kappa shape index (κ3) is 3.24. The maximum atomic E-state index is 11.7. The first-order chi connectivity index (χ1) is 8.66. The zero-order valence-corrected chi connectivity index (χ0v) is 10.8. The van der Waals surface area contributed by atoms with Gasteiger partial charge in [0.05, 0.1) is 21.4 Å². The molecule has 0 bridgehead atoms. The van der Waals surface area contributed by atoms with Crippen LogP contribution in [0.1, 0.15) is 12.1 Å². The Morgan fingerprint density at radius 1 is 1.39 bits per heavy atom. The molecule has 2 rings (SSSR count). The molecule has 0 aliphatic carbocycles. The van der Waals surface area contributed by atoms with Gasteiger partial charge in [0.2, 0.25) is 5.91 Å². The molecule has 94 valence electrons. The van der Waals surface area contributed by atoms with Crippen LogP contribution in [0.2, 0.25) is 10.0 Å². The molecule has 1 aromatic heterocycles. The van der Waals surface area contributed by atoms with E-state index in [0.29, 0.717) is 28.6 Å². The predicted molar refractivity (Wildman–Crippen MR) is 69.9 cm³/mol. The highest BCUT2D eigenvalue weighted by Gasteiger charge is 2.09. The highest BCUT2D eigenvalue weighted by atomic mass is 35.5. The molecule has 4 nitrogen and oxygen atoms in total. The standard InChI is InChI=1S/C12H10Cl2N2O2/c13-9-2-1-3-10(12(9)14)16-11(17)5-4-8-6-18-7-15-8/h1-3,6-7H,4-5H2,(H,16,17). The molecule has 18 heavy (non-hydrogen) atoms. The normalized spacial score (nSPS) is 10.3. The summed E-state index contributed by atoms with van der Waals surface area (Å²) in [6, 6.07) is 5.08. The number of aryl methyl sites for hydroxylation is 1. The van der Waals surface area contributed by atoms with Crippen molar-refractivity contribution in [2.45, 2.75) is 12.8 Å². The van der Waals surface area contributed by atoms with Crippen molar-refractivity contribution >= 4 is 34.8 Å². The molecule has 0 aliphatic rings. The van der Waals surface area contributed by atoms with E-state index in [4.69, 9.17) is 27.6 Å². The van der Waals surface area contributed by atoms with Gasteiger partial charge in [0.1, 0.15) is 6.26 Å². The first-order valence-corrected chi connectivity index (χ1v) is 6.03. The summed E-state index contributed by atoms with van der Waals surface area (Å²) < 4.78 is 4.82. The van der Waals surface area contributed by atoms with Gasteiger partial charge in [-0.3, -0.25) is 4.79 Å². The van der Waals surface area contributed by atoms with Crippen molar-refractivity contribution in [3.05, 3.63) is 46.6 Å². The molecule has 0 saturated carbocycles. The molecular formula is C12H10Cl2N2O2. The van der Waals surface area contributed by atoms with E-state index in [2.05, 4.69) is 10.3 Å². The van der Waals surface area contributed by atoms with Crippen LogP contribution in [0.5, 0.6) is 0 Å². The van der Waals surface area contributed by atoms with E-state index in [0.717, 1.165) is 5.69 Å². The van der Waals surface area contributed by atoms with Gasteiger partial charge in [0.15, 0.2) is 6.39 Å². The number of halogens is 2. The van der Waals surface area contributed by atoms with Crippen LogP contribution < -0.4 is 5.32 Å². The summed E-state index contributed by atoms with van der Waals surface area (Å²) in [6.07, 6.45) is 3.66. The number of anilines is 1. The van der Waals surface area contributed by atoms with E-state index in [1.165, 1.54) is 12.7 Å². The largest absolute Gasteiger partial charge is 0.451 e. The fourth-order valence-electron chi connectivity index (χ4n) is 1.42. The van der Waals surface area contributed by atoms with E-state index in [-0.39, 0.29) is 5.91 Å². The maximum absolute atomic E-state index is 11.7. The number of benzene rings is 1. The number of hydrogen-bond donors (Lipinski definition) is 1. The average Bonchev–Trinajstić information content (AvgIpc) is 2.86. The van der Waals surface area contributed by atoms with Crippen molar-refractivity contribution in [3.63, 3.8) is 0 Å². The number of amides is 1. The smallest absolute Gasteiger partial charge is 0.224 e. The Bertz CT molecular complexity index is 541. The minimum absolute atomic E-state index is 0.151. The van der Waals surface area contributed by atoms with E-state index >= 15 is 0 Å². The van der Waals surface area contributed by atoms with E-state index in [1.807, 2.05) is 0 Å². The Kier molecular flexibility index (Phi) is 4.23. The monoisotopic (exact) mass is 284 g/mol. The molecule has 0 spiro atoms. The van der Waals surface area contributed by atoms with Gasteiger partial charge >= 0.3 is 0 Å².